The molecule has 4 nitrogen and oxygen atoms in total. The Balaban J connectivity index is 2.27. The molecule has 7 heteroatoms. The van der Waals surface area contributed by atoms with E-state index in [0.29, 0.717) is 23.9 Å². The van der Waals surface area contributed by atoms with Gasteiger partial charge in [0.25, 0.3) is 0 Å². The molecule has 0 aliphatic carbocycles. The number of likely N-dealkylation sites (N-methyl/N-ethyl adjacent to an activating group) is 1. The van der Waals surface area contributed by atoms with Gasteiger partial charge in [0, 0.05) is 24.0 Å². The third kappa shape index (κ3) is 2.83. The molecule has 1 aromatic rings. The molecular weight excluding hydrogens is 304 g/mol. The van der Waals surface area contributed by atoms with Gasteiger partial charge in [-0.05, 0) is 31.5 Å². The molecule has 0 saturated carbocycles. The van der Waals surface area contributed by atoms with Crippen LogP contribution in [0.25, 0.3) is 0 Å². The van der Waals surface area contributed by atoms with Gasteiger partial charge >= 0.3 is 0 Å². The van der Waals surface area contributed by atoms with Gasteiger partial charge in [-0.15, -0.1) is 22.9 Å². The third-order valence-electron chi connectivity index (χ3n) is 3.65. The average molecular weight is 323 g/mol. The Morgan fingerprint density at radius 1 is 1.47 bits per heavy atom. The fourth-order valence-electron chi connectivity index (χ4n) is 2.57. The van der Waals surface area contributed by atoms with Gasteiger partial charge in [-0.25, -0.2) is 8.42 Å². The monoisotopic (exact) mass is 322 g/mol. The molecule has 0 aromatic carbocycles. The zero-order valence-corrected chi connectivity index (χ0v) is 13.7. The smallest absolute Gasteiger partial charge is 0.244 e. The summed E-state index contributed by atoms with van der Waals surface area (Å²) in [6.07, 6.45) is 0. The number of rotatable bonds is 4. The normalized spacial score (nSPS) is 25.3. The van der Waals surface area contributed by atoms with E-state index in [4.69, 9.17) is 11.6 Å². The van der Waals surface area contributed by atoms with Crippen molar-refractivity contribution in [3.05, 3.63) is 16.3 Å². The lowest BCUT2D eigenvalue weighted by Crippen LogP contribution is -2.35. The molecule has 1 aliphatic heterocycles. The first-order chi connectivity index (χ1) is 8.87. The Hall–Kier alpha value is -0.140. The lowest BCUT2D eigenvalue weighted by molar-refractivity contribution is 0.263. The number of thiophene rings is 1. The second-order valence-corrected chi connectivity index (χ2v) is 8.35. The summed E-state index contributed by atoms with van der Waals surface area (Å²) in [5.74, 6) is 0.579. The highest BCUT2D eigenvalue weighted by Crippen LogP contribution is 2.31. The number of sulfonamides is 1. The fourth-order valence-corrected chi connectivity index (χ4v) is 5.80. The Labute approximate surface area is 124 Å². The van der Waals surface area contributed by atoms with Gasteiger partial charge in [-0.2, -0.15) is 4.31 Å². The largest absolute Gasteiger partial charge is 0.305 e. The first kappa shape index (κ1) is 15.3. The SMILES string of the molecule is CC1CN(S(=O)(=O)c2ccsc2CCl)CC1N(C)C. The van der Waals surface area contributed by atoms with Crippen LogP contribution in [-0.4, -0.2) is 50.8 Å². The molecule has 0 radical (unpaired) electrons. The van der Waals surface area contributed by atoms with Crippen LogP contribution >= 0.6 is 22.9 Å². The predicted octanol–water partition coefficient (Wildman–Crippen LogP) is 2.06. The van der Waals surface area contributed by atoms with E-state index >= 15 is 0 Å². The highest BCUT2D eigenvalue weighted by Gasteiger charge is 2.38. The van der Waals surface area contributed by atoms with Gasteiger partial charge in [0.15, 0.2) is 0 Å². The number of alkyl halides is 1. The summed E-state index contributed by atoms with van der Waals surface area (Å²) < 4.78 is 26.9. The van der Waals surface area contributed by atoms with Crippen molar-refractivity contribution in [2.45, 2.75) is 23.7 Å². The number of nitrogens with zero attached hydrogens (tertiary/aromatic N) is 2. The fraction of sp³-hybridized carbons (Fsp3) is 0.667. The van der Waals surface area contributed by atoms with E-state index in [1.807, 2.05) is 14.1 Å². The molecule has 2 heterocycles. The Morgan fingerprint density at radius 3 is 2.68 bits per heavy atom. The third-order valence-corrected chi connectivity index (χ3v) is 7.04. The highest BCUT2D eigenvalue weighted by atomic mass is 35.5. The summed E-state index contributed by atoms with van der Waals surface area (Å²) in [6, 6.07) is 1.93. The summed E-state index contributed by atoms with van der Waals surface area (Å²) in [6.45, 7) is 3.22. The molecule has 1 aromatic heterocycles. The molecular formula is C12H19ClN2O2S2. The maximum Gasteiger partial charge on any atom is 0.244 e. The van der Waals surface area contributed by atoms with Crippen LogP contribution in [0.3, 0.4) is 0 Å². The van der Waals surface area contributed by atoms with Crippen LogP contribution in [0.5, 0.6) is 0 Å². The average Bonchev–Trinajstić information content (AvgIpc) is 2.94. The summed E-state index contributed by atoms with van der Waals surface area (Å²) >= 11 is 7.21. The summed E-state index contributed by atoms with van der Waals surface area (Å²) in [5, 5.41) is 1.79. The van der Waals surface area contributed by atoms with E-state index in [1.54, 1.807) is 15.8 Å². The minimum atomic E-state index is -3.40. The number of hydrogen-bond donors (Lipinski definition) is 0. The second kappa shape index (κ2) is 5.69. The lowest BCUT2D eigenvalue weighted by atomic mass is 10.1. The van der Waals surface area contributed by atoms with E-state index in [-0.39, 0.29) is 11.9 Å². The molecule has 0 amide bonds. The molecule has 1 fully saturated rings. The van der Waals surface area contributed by atoms with Gasteiger partial charge in [0.2, 0.25) is 10.0 Å². The van der Waals surface area contributed by atoms with Crippen LogP contribution in [0.4, 0.5) is 0 Å². The van der Waals surface area contributed by atoms with Crippen LogP contribution in [0.2, 0.25) is 0 Å². The van der Waals surface area contributed by atoms with Gasteiger partial charge in [0.1, 0.15) is 0 Å². The van der Waals surface area contributed by atoms with Gasteiger partial charge in [-0.3, -0.25) is 0 Å². The second-order valence-electron chi connectivity index (χ2n) is 5.17. The van der Waals surface area contributed by atoms with Crippen LogP contribution in [-0.2, 0) is 15.9 Å². The first-order valence-electron chi connectivity index (χ1n) is 6.16. The van der Waals surface area contributed by atoms with E-state index in [0.717, 1.165) is 4.88 Å². The van der Waals surface area contributed by atoms with E-state index in [2.05, 4.69) is 11.8 Å². The summed E-state index contributed by atoms with van der Waals surface area (Å²) in [5.41, 5.74) is 0. The van der Waals surface area contributed by atoms with Crippen molar-refractivity contribution in [3.8, 4) is 0 Å². The Bertz CT molecular complexity index is 542. The zero-order valence-electron chi connectivity index (χ0n) is 11.3. The summed E-state index contributed by atoms with van der Waals surface area (Å²) in [7, 11) is 0.579. The minimum absolute atomic E-state index is 0.243. The molecule has 0 bridgehead atoms. The molecule has 19 heavy (non-hydrogen) atoms. The van der Waals surface area contributed by atoms with Gasteiger partial charge in [-0.1, -0.05) is 6.92 Å². The predicted molar refractivity (Wildman–Crippen MR) is 79.3 cm³/mol. The van der Waals surface area contributed by atoms with Crippen molar-refractivity contribution < 1.29 is 8.42 Å². The van der Waals surface area contributed by atoms with Crippen LogP contribution in [0.15, 0.2) is 16.3 Å². The summed E-state index contributed by atoms with van der Waals surface area (Å²) in [4.78, 5) is 3.19. The van der Waals surface area contributed by atoms with Crippen molar-refractivity contribution in [2.75, 3.05) is 27.2 Å². The molecule has 0 N–H and O–H groups in total. The standard InChI is InChI=1S/C12H19ClN2O2S2/c1-9-7-15(8-10(9)14(2)3)19(16,17)12-4-5-18-11(12)6-13/h4-5,9-10H,6-8H2,1-3H3. The number of hydrogen-bond acceptors (Lipinski definition) is 4. The maximum atomic E-state index is 12.6. The molecule has 2 unspecified atom stereocenters. The van der Waals surface area contributed by atoms with Crippen molar-refractivity contribution in [1.82, 2.24) is 9.21 Å². The van der Waals surface area contributed by atoms with Crippen LogP contribution in [0.1, 0.15) is 11.8 Å². The van der Waals surface area contributed by atoms with E-state index < -0.39 is 10.0 Å². The Kier molecular flexibility index (Phi) is 4.57. The highest BCUT2D eigenvalue weighted by molar-refractivity contribution is 7.89. The van der Waals surface area contributed by atoms with Crippen molar-refractivity contribution >= 4 is 33.0 Å². The molecule has 2 atom stereocenters. The van der Waals surface area contributed by atoms with Crippen molar-refractivity contribution in [3.63, 3.8) is 0 Å². The Morgan fingerprint density at radius 2 is 2.16 bits per heavy atom. The van der Waals surface area contributed by atoms with Crippen molar-refractivity contribution in [1.29, 1.82) is 0 Å². The molecule has 1 aliphatic rings. The van der Waals surface area contributed by atoms with Gasteiger partial charge in [0.05, 0.1) is 10.8 Å². The molecule has 108 valence electrons. The minimum Gasteiger partial charge on any atom is -0.305 e. The quantitative estimate of drug-likeness (QED) is 0.797. The molecule has 0 spiro atoms. The van der Waals surface area contributed by atoms with E-state index in [9.17, 15) is 8.42 Å². The van der Waals surface area contributed by atoms with Crippen molar-refractivity contribution in [2.24, 2.45) is 5.92 Å². The van der Waals surface area contributed by atoms with Gasteiger partial charge < -0.3 is 4.90 Å². The maximum absolute atomic E-state index is 12.6. The van der Waals surface area contributed by atoms with Crippen LogP contribution < -0.4 is 0 Å². The van der Waals surface area contributed by atoms with E-state index in [1.165, 1.54) is 11.3 Å². The lowest BCUT2D eigenvalue weighted by Gasteiger charge is -2.22. The number of halogens is 1. The molecule has 1 saturated heterocycles. The first-order valence-corrected chi connectivity index (χ1v) is 9.02. The van der Waals surface area contributed by atoms with Crippen LogP contribution in [0, 0.1) is 5.92 Å². The molecule has 2 rings (SSSR count). The topological polar surface area (TPSA) is 40.6 Å². The zero-order chi connectivity index (χ0) is 14.2.